The molecule has 0 spiro atoms. The van der Waals surface area contributed by atoms with Crippen molar-refractivity contribution in [1.29, 1.82) is 0 Å². The van der Waals surface area contributed by atoms with E-state index >= 15 is 0 Å². The molecule has 93 heavy (non-hydrogen) atoms. The van der Waals surface area contributed by atoms with Crippen molar-refractivity contribution in [2.75, 3.05) is 63.5 Å². The first-order chi connectivity index (χ1) is 44.9. The maximum absolute atomic E-state index is 12.9. The third-order valence-electron chi connectivity index (χ3n) is 12.5. The average Bonchev–Trinajstić information content (AvgIpc) is 0.873. The Balaban J connectivity index is 0.000000337. The van der Waals surface area contributed by atoms with Crippen LogP contribution in [-0.4, -0.2) is 107 Å². The van der Waals surface area contributed by atoms with Gasteiger partial charge in [-0.2, -0.15) is 0 Å². The molecule has 6 aromatic carbocycles. The van der Waals surface area contributed by atoms with E-state index in [-0.39, 0.29) is 81.1 Å². The monoisotopic (exact) mass is 1330 g/mol. The molecule has 0 saturated carbocycles. The summed E-state index contributed by atoms with van der Waals surface area (Å²) < 4.78 is 53.0. The number of benzene rings is 6. The summed E-state index contributed by atoms with van der Waals surface area (Å²) in [4.78, 5) is 107. The highest BCUT2D eigenvalue weighted by Crippen LogP contribution is 2.43. The highest BCUT2D eigenvalue weighted by Gasteiger charge is 2.22. The second-order valence-electron chi connectivity index (χ2n) is 19.2. The van der Waals surface area contributed by atoms with Gasteiger partial charge in [-0.15, -0.1) is 0 Å². The fourth-order valence-corrected chi connectivity index (χ4v) is 8.29. The zero-order chi connectivity index (χ0) is 67.3. The Labute approximate surface area is 552 Å². The standard InChI is InChI=1S/C35H35NO10.C34H32Cl3NO9/c1-3-32(38)44-21-7-5-19-42-28-13-9-25(10-14-28)34(40)36-31-18-17-30(23-27(31)24-37)46-35(41)26-11-15-29(16-12-26)43-20-6-8-22-45-33(39)4-2;1-3-28(39)45-19-7-5-17-43-24-13-9-22(10-14-24)33(41)38-27-21-26(35)32(31(37)30(27)36)47-34(42)23-11-15-25(16-12-23)44-18-6-8-20-46-29(40)4-2/h3-4,9-18,23-24H,1-2,5-8,19-22H2,(H,36,40);3-4,9-16,21H,1-2,5-8,17-20H2,(H,38,41). The largest absolute Gasteiger partial charge is 0.494 e. The van der Waals surface area contributed by atoms with Crippen LogP contribution >= 0.6 is 34.8 Å². The number of amides is 2. The minimum absolute atomic E-state index is 0.0511. The molecule has 0 saturated heterocycles. The Hall–Kier alpha value is -10.2. The average molecular weight is 1330 g/mol. The zero-order valence-electron chi connectivity index (χ0n) is 50.5. The van der Waals surface area contributed by atoms with Crippen molar-refractivity contribution in [3.8, 4) is 34.5 Å². The first-order valence-electron chi connectivity index (χ1n) is 28.9. The molecule has 0 aromatic heterocycles. The van der Waals surface area contributed by atoms with Crippen LogP contribution in [0.5, 0.6) is 34.5 Å². The number of aldehydes is 1. The van der Waals surface area contributed by atoms with Crippen LogP contribution in [0.3, 0.4) is 0 Å². The number of hydrogen-bond acceptors (Lipinski definition) is 19. The van der Waals surface area contributed by atoms with Gasteiger partial charge in [0.2, 0.25) is 0 Å². The van der Waals surface area contributed by atoms with Gasteiger partial charge in [0.25, 0.3) is 11.8 Å². The van der Waals surface area contributed by atoms with Crippen LogP contribution in [0.4, 0.5) is 11.4 Å². The molecule has 2 amide bonds. The van der Waals surface area contributed by atoms with Crippen molar-refractivity contribution in [3.05, 3.63) is 215 Å². The quantitative estimate of drug-likeness (QED) is 0.00698. The summed E-state index contributed by atoms with van der Waals surface area (Å²) in [7, 11) is 0. The van der Waals surface area contributed by atoms with Crippen LogP contribution in [0.2, 0.25) is 15.1 Å². The van der Waals surface area contributed by atoms with E-state index < -0.39 is 47.6 Å². The third kappa shape index (κ3) is 26.3. The second-order valence-corrected chi connectivity index (χ2v) is 20.4. The summed E-state index contributed by atoms with van der Waals surface area (Å²) in [6.45, 7) is 16.1. The molecule has 24 heteroatoms. The molecule has 0 bridgehead atoms. The van der Waals surface area contributed by atoms with Gasteiger partial charge in [-0.25, -0.2) is 28.8 Å². The summed E-state index contributed by atoms with van der Waals surface area (Å²) >= 11 is 19.2. The molecular weight excluding hydrogens is 1270 g/mol. The van der Waals surface area contributed by atoms with Gasteiger partial charge in [0.05, 0.1) is 85.4 Å². The van der Waals surface area contributed by atoms with E-state index in [1.54, 1.807) is 84.9 Å². The molecule has 6 aromatic rings. The summed E-state index contributed by atoms with van der Waals surface area (Å²) in [5.74, 6) is -1.98. The number of esters is 6. The Morgan fingerprint density at radius 3 is 1.02 bits per heavy atom. The van der Waals surface area contributed by atoms with Crippen molar-refractivity contribution in [1.82, 2.24) is 0 Å². The van der Waals surface area contributed by atoms with Crippen molar-refractivity contribution >= 4 is 100 Å². The van der Waals surface area contributed by atoms with Crippen molar-refractivity contribution in [2.45, 2.75) is 51.4 Å². The molecular formula is C69H67Cl3N2O19. The molecule has 21 nitrogen and oxygen atoms in total. The van der Waals surface area contributed by atoms with Crippen molar-refractivity contribution in [3.63, 3.8) is 0 Å². The lowest BCUT2D eigenvalue weighted by molar-refractivity contribution is -0.138. The normalized spacial score (nSPS) is 10.3. The predicted octanol–water partition coefficient (Wildman–Crippen LogP) is 13.6. The SMILES string of the molecule is C=CC(=O)OCCCCOc1ccc(C(=O)Nc2cc(Cl)c(OC(=O)c3ccc(OCCCCOC(=O)C=C)cc3)c(Cl)c2Cl)cc1.C=CC(=O)OCCCCOc1ccc(C(=O)Nc2ccc(OC(=O)c3ccc(OCCCCOC(=O)C=C)cc3)cc2C=O)cc1. The van der Waals surface area contributed by atoms with Gasteiger partial charge < -0.3 is 58.0 Å². The smallest absolute Gasteiger partial charge is 0.343 e. The van der Waals surface area contributed by atoms with Crippen LogP contribution in [0.1, 0.15) is 103 Å². The Kier molecular flexibility index (Phi) is 32.0. The number of ether oxygens (including phenoxy) is 10. The molecule has 0 atom stereocenters. The lowest BCUT2D eigenvalue weighted by atomic mass is 10.1. The fraction of sp³-hybridized carbons (Fsp3) is 0.232. The number of rotatable bonds is 37. The van der Waals surface area contributed by atoms with E-state index in [9.17, 15) is 43.2 Å². The van der Waals surface area contributed by atoms with Gasteiger partial charge in [0.15, 0.2) is 12.0 Å². The van der Waals surface area contributed by atoms with Gasteiger partial charge in [-0.05, 0) is 173 Å². The molecule has 0 aliphatic rings. The molecule has 0 radical (unpaired) electrons. The third-order valence-corrected chi connectivity index (χ3v) is 13.6. The molecule has 0 fully saturated rings. The number of anilines is 2. The minimum atomic E-state index is -0.740. The van der Waals surface area contributed by atoms with Crippen LogP contribution in [0, 0.1) is 0 Å². The van der Waals surface area contributed by atoms with Gasteiger partial charge in [-0.3, -0.25) is 14.4 Å². The first-order valence-corrected chi connectivity index (χ1v) is 30.0. The van der Waals surface area contributed by atoms with Gasteiger partial charge >= 0.3 is 35.8 Å². The molecule has 6 rings (SSSR count). The zero-order valence-corrected chi connectivity index (χ0v) is 52.7. The summed E-state index contributed by atoms with van der Waals surface area (Å²) in [5, 5.41) is 5.06. The topological polar surface area (TPSA) is 270 Å². The van der Waals surface area contributed by atoms with E-state index in [2.05, 4.69) is 36.9 Å². The molecule has 0 heterocycles. The van der Waals surface area contributed by atoms with E-state index in [0.717, 1.165) is 24.3 Å². The number of carbonyl (C=O) groups excluding carboxylic acids is 9. The highest BCUT2D eigenvalue weighted by atomic mass is 35.5. The lowest BCUT2D eigenvalue weighted by Gasteiger charge is -2.14. The van der Waals surface area contributed by atoms with E-state index in [4.69, 9.17) is 82.2 Å². The van der Waals surface area contributed by atoms with Crippen LogP contribution < -0.4 is 39.1 Å². The maximum atomic E-state index is 12.9. The number of hydrogen-bond donors (Lipinski definition) is 2. The Bertz CT molecular complexity index is 3560. The summed E-state index contributed by atoms with van der Waals surface area (Å²) in [5.41, 5.74) is 1.62. The van der Waals surface area contributed by atoms with Gasteiger partial charge in [-0.1, -0.05) is 61.1 Å². The van der Waals surface area contributed by atoms with Crippen molar-refractivity contribution in [2.24, 2.45) is 0 Å². The van der Waals surface area contributed by atoms with E-state index in [1.165, 1.54) is 36.4 Å². The lowest BCUT2D eigenvalue weighted by Crippen LogP contribution is -2.14. The highest BCUT2D eigenvalue weighted by molar-refractivity contribution is 6.47. The Morgan fingerprint density at radius 1 is 0.366 bits per heavy atom. The summed E-state index contributed by atoms with van der Waals surface area (Å²) in [6, 6.07) is 31.2. The maximum Gasteiger partial charge on any atom is 0.343 e. The predicted molar refractivity (Wildman–Crippen MR) is 348 cm³/mol. The molecule has 488 valence electrons. The fourth-order valence-electron chi connectivity index (χ4n) is 7.57. The van der Waals surface area contributed by atoms with E-state index in [0.29, 0.717) is 118 Å². The number of halogens is 3. The molecule has 0 aliphatic carbocycles. The molecule has 2 N–H and O–H groups in total. The molecule has 0 unspecified atom stereocenters. The van der Waals surface area contributed by atoms with Gasteiger partial charge in [0, 0.05) is 41.0 Å². The van der Waals surface area contributed by atoms with E-state index in [1.807, 2.05) is 0 Å². The van der Waals surface area contributed by atoms with Crippen LogP contribution in [0.15, 0.2) is 172 Å². The van der Waals surface area contributed by atoms with Crippen LogP contribution in [0.25, 0.3) is 0 Å². The van der Waals surface area contributed by atoms with Crippen LogP contribution in [-0.2, 0) is 38.1 Å². The second kappa shape index (κ2) is 40.5. The number of unbranched alkanes of at least 4 members (excludes halogenated alkanes) is 4. The van der Waals surface area contributed by atoms with Gasteiger partial charge in [0.1, 0.15) is 33.8 Å². The number of nitrogens with one attached hydrogen (secondary N) is 2. The number of carbonyl (C=O) groups is 9. The first kappa shape index (κ1) is 73.5. The molecule has 0 aliphatic heterocycles. The van der Waals surface area contributed by atoms with Crippen molar-refractivity contribution < 1.29 is 90.5 Å². The Morgan fingerprint density at radius 2 is 0.677 bits per heavy atom. The summed E-state index contributed by atoms with van der Waals surface area (Å²) in [6.07, 6.45) is 10.2. The minimum Gasteiger partial charge on any atom is -0.494 e.